The van der Waals surface area contributed by atoms with Crippen LogP contribution in [0, 0.1) is 12.7 Å². The van der Waals surface area contributed by atoms with Gasteiger partial charge in [0.2, 0.25) is 0 Å². The summed E-state index contributed by atoms with van der Waals surface area (Å²) < 4.78 is 14.1. The summed E-state index contributed by atoms with van der Waals surface area (Å²) in [6.07, 6.45) is 4.32. The Hall–Kier alpha value is -1.67. The fourth-order valence-electron chi connectivity index (χ4n) is 3.47. The fraction of sp³-hybridized carbons (Fsp3) is 0.368. The second kappa shape index (κ2) is 5.98. The van der Waals surface area contributed by atoms with Crippen molar-refractivity contribution in [3.05, 3.63) is 70.5 Å². The molecule has 1 aliphatic rings. The van der Waals surface area contributed by atoms with E-state index in [1.54, 1.807) is 6.07 Å². The molecule has 0 aliphatic heterocycles. The maximum Gasteiger partial charge on any atom is 0.128 e. The molecule has 1 nitrogen and oxygen atoms in total. The van der Waals surface area contributed by atoms with Crippen LogP contribution in [-0.4, -0.2) is 0 Å². The molecular weight excluding hydrogens is 261 g/mol. The van der Waals surface area contributed by atoms with Crippen molar-refractivity contribution >= 4 is 0 Å². The first-order valence-electron chi connectivity index (χ1n) is 7.74. The largest absolute Gasteiger partial charge is 0.324 e. The van der Waals surface area contributed by atoms with E-state index in [0.717, 1.165) is 24.8 Å². The number of hydrogen-bond acceptors (Lipinski definition) is 1. The predicted octanol–water partition coefficient (Wildman–Crippen LogP) is 4.64. The predicted molar refractivity (Wildman–Crippen MR) is 84.8 cm³/mol. The second-order valence-electron chi connectivity index (χ2n) is 6.16. The third kappa shape index (κ3) is 3.01. The molecule has 110 valence electrons. The lowest BCUT2D eigenvalue weighted by Gasteiger charge is -2.28. The smallest absolute Gasteiger partial charge is 0.128 e. The Labute approximate surface area is 126 Å². The van der Waals surface area contributed by atoms with Crippen LogP contribution in [0.5, 0.6) is 0 Å². The Morgan fingerprint density at radius 2 is 2.05 bits per heavy atom. The first-order chi connectivity index (χ1) is 10.1. The van der Waals surface area contributed by atoms with E-state index >= 15 is 0 Å². The molecule has 1 aliphatic carbocycles. The monoisotopic (exact) mass is 283 g/mol. The summed E-state index contributed by atoms with van der Waals surface area (Å²) in [5.74, 6) is 0.275. The van der Waals surface area contributed by atoms with E-state index in [9.17, 15) is 4.39 Å². The molecular formula is C19H22FN. The number of halogens is 1. The Morgan fingerprint density at radius 3 is 2.86 bits per heavy atom. The van der Waals surface area contributed by atoms with Gasteiger partial charge in [-0.1, -0.05) is 36.4 Å². The molecule has 2 heteroatoms. The van der Waals surface area contributed by atoms with E-state index in [0.29, 0.717) is 11.5 Å². The molecule has 2 atom stereocenters. The van der Waals surface area contributed by atoms with Crippen LogP contribution in [0.15, 0.2) is 42.5 Å². The van der Waals surface area contributed by atoms with Gasteiger partial charge in [-0.15, -0.1) is 0 Å². The Morgan fingerprint density at radius 1 is 1.24 bits per heavy atom. The van der Waals surface area contributed by atoms with Gasteiger partial charge in [0, 0.05) is 11.6 Å². The zero-order chi connectivity index (χ0) is 14.8. The molecule has 2 aromatic carbocycles. The number of rotatable bonds is 3. The third-order valence-corrected chi connectivity index (χ3v) is 4.59. The number of fused-ring (bicyclic) bond motifs is 1. The van der Waals surface area contributed by atoms with Gasteiger partial charge in [0.1, 0.15) is 5.82 Å². The summed E-state index contributed by atoms with van der Waals surface area (Å²) in [6, 6.07) is 13.7. The lowest BCUT2D eigenvalue weighted by molar-refractivity contribution is 0.464. The molecule has 0 fully saturated rings. The summed E-state index contributed by atoms with van der Waals surface area (Å²) in [5, 5.41) is 0. The molecule has 21 heavy (non-hydrogen) atoms. The minimum atomic E-state index is -0.234. The second-order valence-corrected chi connectivity index (χ2v) is 6.16. The van der Waals surface area contributed by atoms with Crippen molar-refractivity contribution in [1.82, 2.24) is 0 Å². The van der Waals surface area contributed by atoms with Crippen LogP contribution < -0.4 is 5.73 Å². The van der Waals surface area contributed by atoms with E-state index in [-0.39, 0.29) is 11.9 Å². The molecule has 2 aromatic rings. The quantitative estimate of drug-likeness (QED) is 0.872. The van der Waals surface area contributed by atoms with Crippen LogP contribution in [0.1, 0.15) is 53.5 Å². The van der Waals surface area contributed by atoms with E-state index in [2.05, 4.69) is 24.3 Å². The van der Waals surface area contributed by atoms with Gasteiger partial charge >= 0.3 is 0 Å². The topological polar surface area (TPSA) is 26.0 Å². The average Bonchev–Trinajstić information content (AvgIpc) is 2.47. The highest BCUT2D eigenvalue weighted by molar-refractivity contribution is 5.33. The van der Waals surface area contributed by atoms with Crippen LogP contribution in [0.2, 0.25) is 0 Å². The lowest BCUT2D eigenvalue weighted by atomic mass is 9.79. The van der Waals surface area contributed by atoms with Gasteiger partial charge in [-0.25, -0.2) is 4.39 Å². The van der Waals surface area contributed by atoms with Gasteiger partial charge in [0.25, 0.3) is 0 Å². The molecule has 0 saturated carbocycles. The molecule has 0 spiro atoms. The highest BCUT2D eigenvalue weighted by atomic mass is 19.1. The molecule has 2 unspecified atom stereocenters. The standard InChI is InChI=1S/C19H22FN/c1-13-9-10-17(18(20)11-13)19(21)12-15-7-4-6-14-5-2-3-8-16(14)15/h2-3,5,8-11,15,19H,4,6-7,12,21H2,1H3. The molecule has 3 rings (SSSR count). The molecule has 2 N–H and O–H groups in total. The van der Waals surface area contributed by atoms with Gasteiger partial charge in [-0.05, 0) is 61.3 Å². The van der Waals surface area contributed by atoms with Crippen molar-refractivity contribution in [3.8, 4) is 0 Å². The van der Waals surface area contributed by atoms with Gasteiger partial charge in [0.05, 0.1) is 0 Å². The highest BCUT2D eigenvalue weighted by Crippen LogP contribution is 2.37. The average molecular weight is 283 g/mol. The first-order valence-corrected chi connectivity index (χ1v) is 7.74. The van der Waals surface area contributed by atoms with E-state index in [1.807, 2.05) is 19.1 Å². The fourth-order valence-corrected chi connectivity index (χ4v) is 3.47. The van der Waals surface area contributed by atoms with Crippen LogP contribution in [0.4, 0.5) is 4.39 Å². The Kier molecular flexibility index (Phi) is 4.07. The van der Waals surface area contributed by atoms with Crippen LogP contribution in [0.3, 0.4) is 0 Å². The molecule has 0 radical (unpaired) electrons. The minimum Gasteiger partial charge on any atom is -0.324 e. The van der Waals surface area contributed by atoms with Crippen LogP contribution >= 0.6 is 0 Å². The first kappa shape index (κ1) is 14.3. The van der Waals surface area contributed by atoms with Crippen LogP contribution in [-0.2, 0) is 6.42 Å². The zero-order valence-electron chi connectivity index (χ0n) is 12.5. The van der Waals surface area contributed by atoms with Crippen molar-refractivity contribution in [1.29, 1.82) is 0 Å². The normalized spacial score (nSPS) is 19.1. The highest BCUT2D eigenvalue weighted by Gasteiger charge is 2.23. The van der Waals surface area contributed by atoms with E-state index in [4.69, 9.17) is 5.73 Å². The van der Waals surface area contributed by atoms with Gasteiger partial charge in [0.15, 0.2) is 0 Å². The maximum atomic E-state index is 14.1. The van der Waals surface area contributed by atoms with Gasteiger partial charge in [-0.3, -0.25) is 0 Å². The van der Waals surface area contributed by atoms with E-state index in [1.165, 1.54) is 17.5 Å². The molecule has 0 aromatic heterocycles. The lowest BCUT2D eigenvalue weighted by Crippen LogP contribution is -2.19. The Balaban J connectivity index is 1.81. The minimum absolute atomic E-state index is 0.174. The molecule has 0 amide bonds. The summed E-state index contributed by atoms with van der Waals surface area (Å²) in [4.78, 5) is 0. The SMILES string of the molecule is Cc1ccc(C(N)CC2CCCc3ccccc32)c(F)c1. The zero-order valence-corrected chi connectivity index (χ0v) is 12.5. The van der Waals surface area contributed by atoms with Crippen molar-refractivity contribution in [2.75, 3.05) is 0 Å². The number of aryl methyl sites for hydroxylation is 2. The maximum absolute atomic E-state index is 14.1. The van der Waals surface area contributed by atoms with Crippen molar-refractivity contribution in [3.63, 3.8) is 0 Å². The third-order valence-electron chi connectivity index (χ3n) is 4.59. The van der Waals surface area contributed by atoms with E-state index < -0.39 is 0 Å². The van der Waals surface area contributed by atoms with Crippen molar-refractivity contribution in [2.45, 2.75) is 44.6 Å². The Bertz CT molecular complexity index is 635. The van der Waals surface area contributed by atoms with Gasteiger partial charge < -0.3 is 5.73 Å². The van der Waals surface area contributed by atoms with Gasteiger partial charge in [-0.2, -0.15) is 0 Å². The molecule has 0 heterocycles. The number of nitrogens with two attached hydrogens (primary N) is 1. The summed E-state index contributed by atoms with van der Waals surface area (Å²) in [5.41, 5.74) is 10.7. The number of hydrogen-bond donors (Lipinski definition) is 1. The summed E-state index contributed by atoms with van der Waals surface area (Å²) in [6.45, 7) is 1.90. The summed E-state index contributed by atoms with van der Waals surface area (Å²) in [7, 11) is 0. The number of benzene rings is 2. The summed E-state index contributed by atoms with van der Waals surface area (Å²) >= 11 is 0. The molecule has 0 saturated heterocycles. The van der Waals surface area contributed by atoms with Crippen molar-refractivity contribution in [2.24, 2.45) is 5.73 Å². The van der Waals surface area contributed by atoms with Crippen molar-refractivity contribution < 1.29 is 4.39 Å². The molecule has 0 bridgehead atoms. The van der Waals surface area contributed by atoms with Crippen LogP contribution in [0.25, 0.3) is 0 Å².